The number of carboxylic acid groups (broad SMARTS) is 1. The summed E-state index contributed by atoms with van der Waals surface area (Å²) in [5, 5.41) is 8.21. The van der Waals surface area contributed by atoms with Crippen molar-refractivity contribution in [2.24, 2.45) is 0 Å². The Bertz CT molecular complexity index is 86.5. The molecule has 0 aliphatic rings. The maximum absolute atomic E-state index is 9.96. The first-order valence-corrected chi connectivity index (χ1v) is 3.49. The van der Waals surface area contributed by atoms with Crippen LogP contribution in [0.15, 0.2) is 0 Å². The topological polar surface area (TPSA) is 37.3 Å². The first-order chi connectivity index (χ1) is 4.27. The largest absolute Gasteiger partial charge is 0.481 e. The molecule has 11 heavy (non-hydrogen) atoms. The quantitative estimate of drug-likeness (QED) is 0.697. The second-order valence-electron chi connectivity index (χ2n) is 2.20. The molecule has 0 heterocycles. The summed E-state index contributed by atoms with van der Waals surface area (Å²) in [6, 6.07) is 0. The van der Waals surface area contributed by atoms with Gasteiger partial charge in [-0.3, -0.25) is 4.79 Å². The Morgan fingerprint density at radius 3 is 2.09 bits per heavy atom. The van der Waals surface area contributed by atoms with Gasteiger partial charge < -0.3 is 5.11 Å². The highest BCUT2D eigenvalue weighted by Crippen LogP contribution is 2.01. The number of unbranched alkanes of at least 4 members (excludes halogenated alkanes) is 3. The second-order valence-corrected chi connectivity index (χ2v) is 2.20. The number of carbonyl (C=O) groups is 1. The number of rotatable bonds is 5. The first-order valence-electron chi connectivity index (χ1n) is 3.49. The molecule has 70 valence electrons. The molecule has 4 heteroatoms. The smallest absolute Gasteiger partial charge is 0.303 e. The normalized spacial score (nSPS) is 7.73. The predicted octanol–water partition coefficient (Wildman–Crippen LogP) is 2.89. The van der Waals surface area contributed by atoms with Gasteiger partial charge in [0.2, 0.25) is 0 Å². The summed E-state index contributed by atoms with van der Waals surface area (Å²) in [5.41, 5.74) is 0. The van der Waals surface area contributed by atoms with E-state index in [0.717, 1.165) is 19.3 Å². The van der Waals surface area contributed by atoms with Gasteiger partial charge in [0.05, 0.1) is 0 Å². The van der Waals surface area contributed by atoms with Crippen LogP contribution in [0.2, 0.25) is 0 Å². The van der Waals surface area contributed by atoms with Gasteiger partial charge in [0, 0.05) is 6.42 Å². The molecule has 1 N–H and O–H groups in total. The molecule has 0 aromatic carbocycles. The zero-order chi connectivity index (χ0) is 7.11. The molecule has 0 aliphatic heterocycles. The average Bonchev–Trinajstić information content (AvgIpc) is 1.80. The molecule has 0 fully saturated rings. The van der Waals surface area contributed by atoms with Gasteiger partial charge in [-0.25, -0.2) is 0 Å². The van der Waals surface area contributed by atoms with Gasteiger partial charge in [0.1, 0.15) is 0 Å². The van der Waals surface area contributed by atoms with E-state index in [2.05, 4.69) is 6.92 Å². The van der Waals surface area contributed by atoms with E-state index in [1.807, 2.05) is 0 Å². The molecule has 0 unspecified atom stereocenters. The van der Waals surface area contributed by atoms with Crippen molar-refractivity contribution in [1.82, 2.24) is 0 Å². The predicted molar refractivity (Wildman–Crippen MR) is 50.9 cm³/mol. The van der Waals surface area contributed by atoms with Gasteiger partial charge >= 0.3 is 5.97 Å². The van der Waals surface area contributed by atoms with Gasteiger partial charge in [-0.1, -0.05) is 26.2 Å². The Morgan fingerprint density at radius 1 is 1.18 bits per heavy atom. The average molecular weight is 203 g/mol. The fourth-order valence-corrected chi connectivity index (χ4v) is 0.703. The van der Waals surface area contributed by atoms with Crippen molar-refractivity contribution in [1.29, 1.82) is 0 Å². The SMILES string of the molecule is CCCCCCC(=O)O.Cl.Cl. The highest BCUT2D eigenvalue weighted by molar-refractivity contribution is 5.85. The molecule has 0 spiro atoms. The molecular formula is C7H16Cl2O2. The first kappa shape index (κ1) is 17.2. The Labute approximate surface area is 80.2 Å². The molecule has 0 radical (unpaired) electrons. The third-order valence-electron chi connectivity index (χ3n) is 1.24. The summed E-state index contributed by atoms with van der Waals surface area (Å²) in [6.07, 6.45) is 4.55. The van der Waals surface area contributed by atoms with Crippen LogP contribution < -0.4 is 0 Å². The van der Waals surface area contributed by atoms with Crippen molar-refractivity contribution in [3.8, 4) is 0 Å². The van der Waals surface area contributed by atoms with E-state index in [1.54, 1.807) is 0 Å². The Morgan fingerprint density at radius 2 is 1.73 bits per heavy atom. The van der Waals surface area contributed by atoms with Crippen LogP contribution in [0, 0.1) is 0 Å². The van der Waals surface area contributed by atoms with Crippen LogP contribution in [0.25, 0.3) is 0 Å². The van der Waals surface area contributed by atoms with Crippen LogP contribution in [-0.4, -0.2) is 11.1 Å². The molecule has 0 atom stereocenters. The van der Waals surface area contributed by atoms with Gasteiger partial charge in [-0.05, 0) is 6.42 Å². The van der Waals surface area contributed by atoms with E-state index in [1.165, 1.54) is 6.42 Å². The summed E-state index contributed by atoms with van der Waals surface area (Å²) in [6.45, 7) is 2.11. The molecular weight excluding hydrogens is 187 g/mol. The lowest BCUT2D eigenvalue weighted by Gasteiger charge is -1.92. The van der Waals surface area contributed by atoms with Crippen LogP contribution >= 0.6 is 24.8 Å². The van der Waals surface area contributed by atoms with Crippen molar-refractivity contribution in [2.75, 3.05) is 0 Å². The minimum Gasteiger partial charge on any atom is -0.481 e. The van der Waals surface area contributed by atoms with Crippen molar-refractivity contribution in [3.63, 3.8) is 0 Å². The van der Waals surface area contributed by atoms with Crippen molar-refractivity contribution in [3.05, 3.63) is 0 Å². The van der Waals surface area contributed by atoms with E-state index in [-0.39, 0.29) is 24.8 Å². The van der Waals surface area contributed by atoms with Gasteiger partial charge in [-0.2, -0.15) is 0 Å². The summed E-state index contributed by atoms with van der Waals surface area (Å²) < 4.78 is 0. The molecule has 0 aromatic rings. The lowest BCUT2D eigenvalue weighted by Crippen LogP contribution is -1.92. The van der Waals surface area contributed by atoms with Crippen LogP contribution in [-0.2, 0) is 4.79 Å². The Kier molecular flexibility index (Phi) is 19.9. The summed E-state index contributed by atoms with van der Waals surface area (Å²) in [5.74, 6) is -0.675. The lowest BCUT2D eigenvalue weighted by atomic mass is 10.2. The van der Waals surface area contributed by atoms with E-state index in [9.17, 15) is 4.79 Å². The van der Waals surface area contributed by atoms with Crippen LogP contribution in [0.4, 0.5) is 0 Å². The minimum atomic E-state index is -0.675. The van der Waals surface area contributed by atoms with Gasteiger partial charge in [-0.15, -0.1) is 24.8 Å². The minimum absolute atomic E-state index is 0. The van der Waals surface area contributed by atoms with Crippen LogP contribution in [0.1, 0.15) is 39.0 Å². The molecule has 2 nitrogen and oxygen atoms in total. The molecule has 0 amide bonds. The molecule has 0 bridgehead atoms. The van der Waals surface area contributed by atoms with Crippen LogP contribution in [0.5, 0.6) is 0 Å². The number of halogens is 2. The number of hydrogen-bond donors (Lipinski definition) is 1. The van der Waals surface area contributed by atoms with Gasteiger partial charge in [0.15, 0.2) is 0 Å². The zero-order valence-electron chi connectivity index (χ0n) is 6.71. The van der Waals surface area contributed by atoms with E-state index >= 15 is 0 Å². The summed E-state index contributed by atoms with van der Waals surface area (Å²) in [7, 11) is 0. The third kappa shape index (κ3) is 17.8. The van der Waals surface area contributed by atoms with E-state index < -0.39 is 5.97 Å². The van der Waals surface area contributed by atoms with E-state index in [4.69, 9.17) is 5.11 Å². The summed E-state index contributed by atoms with van der Waals surface area (Å²) in [4.78, 5) is 9.96. The van der Waals surface area contributed by atoms with Crippen molar-refractivity contribution in [2.45, 2.75) is 39.0 Å². The highest BCUT2D eigenvalue weighted by atomic mass is 35.5. The Balaban J connectivity index is -0.000000320. The maximum atomic E-state index is 9.96. The standard InChI is InChI=1S/C7H14O2.2ClH/c1-2-3-4-5-6-7(8)9;;/h2-6H2,1H3,(H,8,9);2*1H. The van der Waals surface area contributed by atoms with Crippen molar-refractivity contribution < 1.29 is 9.90 Å². The van der Waals surface area contributed by atoms with E-state index in [0.29, 0.717) is 6.42 Å². The number of hydrogen-bond acceptors (Lipinski definition) is 1. The van der Waals surface area contributed by atoms with Crippen LogP contribution in [0.3, 0.4) is 0 Å². The molecule has 0 rings (SSSR count). The second kappa shape index (κ2) is 12.7. The highest BCUT2D eigenvalue weighted by Gasteiger charge is 1.93. The Hall–Kier alpha value is 0.0500. The van der Waals surface area contributed by atoms with Gasteiger partial charge in [0.25, 0.3) is 0 Å². The molecule has 0 aliphatic carbocycles. The number of aliphatic carboxylic acids is 1. The fraction of sp³-hybridized carbons (Fsp3) is 0.857. The molecule has 0 saturated carbocycles. The van der Waals surface area contributed by atoms with Crippen molar-refractivity contribution >= 4 is 30.8 Å². The number of carboxylic acids is 1. The maximum Gasteiger partial charge on any atom is 0.303 e. The summed E-state index contributed by atoms with van der Waals surface area (Å²) >= 11 is 0. The fourth-order valence-electron chi connectivity index (χ4n) is 0.703. The zero-order valence-corrected chi connectivity index (χ0v) is 8.34. The third-order valence-corrected chi connectivity index (χ3v) is 1.24. The lowest BCUT2D eigenvalue weighted by molar-refractivity contribution is -0.137. The molecule has 0 saturated heterocycles. The molecule has 0 aromatic heterocycles. The monoisotopic (exact) mass is 202 g/mol.